The van der Waals surface area contributed by atoms with Crippen molar-refractivity contribution in [3.8, 4) is 0 Å². The molecule has 1 heterocycles. The number of ketones is 1. The van der Waals surface area contributed by atoms with Crippen molar-refractivity contribution in [1.82, 2.24) is 9.78 Å². The van der Waals surface area contributed by atoms with Crippen molar-refractivity contribution in [1.29, 1.82) is 0 Å². The van der Waals surface area contributed by atoms with Gasteiger partial charge in [-0.25, -0.2) is 0 Å². The van der Waals surface area contributed by atoms with Crippen LogP contribution in [0.1, 0.15) is 45.0 Å². The molecule has 5 heteroatoms. The molecule has 1 aromatic rings. The Morgan fingerprint density at radius 3 is 2.33 bits per heavy atom. The van der Waals surface area contributed by atoms with Gasteiger partial charge in [-0.1, -0.05) is 32.4 Å². The van der Waals surface area contributed by atoms with Crippen LogP contribution in [0.2, 0.25) is 5.02 Å². The molecule has 0 saturated carbocycles. The number of aryl methyl sites for hydroxylation is 2. The summed E-state index contributed by atoms with van der Waals surface area (Å²) in [6.45, 7) is 5.86. The summed E-state index contributed by atoms with van der Waals surface area (Å²) in [6.07, 6.45) is 2.29. The van der Waals surface area contributed by atoms with E-state index in [2.05, 4.69) is 5.10 Å². The van der Waals surface area contributed by atoms with Crippen molar-refractivity contribution in [3.63, 3.8) is 0 Å². The molecule has 18 heavy (non-hydrogen) atoms. The predicted octanol–water partition coefficient (Wildman–Crippen LogP) is 2.27. The summed E-state index contributed by atoms with van der Waals surface area (Å²) < 4.78 is 1.69. The molecule has 0 saturated heterocycles. The average molecular weight is 272 g/mol. The maximum atomic E-state index is 12.3. The van der Waals surface area contributed by atoms with E-state index < -0.39 is 5.54 Å². The van der Waals surface area contributed by atoms with E-state index in [0.29, 0.717) is 17.9 Å². The van der Waals surface area contributed by atoms with Crippen LogP contribution < -0.4 is 5.73 Å². The van der Waals surface area contributed by atoms with Crippen LogP contribution in [0.3, 0.4) is 0 Å². The third-order valence-corrected chi connectivity index (χ3v) is 4.08. The number of Topliss-reactive ketones (excluding diaryl/α,β-unsaturated/α-hetero) is 1. The molecule has 0 aromatic carbocycles. The normalized spacial score (nSPS) is 11.9. The highest BCUT2D eigenvalue weighted by Crippen LogP contribution is 2.24. The number of nitrogens with two attached hydrogens (primary N) is 1. The maximum absolute atomic E-state index is 12.3. The van der Waals surface area contributed by atoms with Crippen LogP contribution in [0, 0.1) is 0 Å². The molecule has 0 aliphatic rings. The Morgan fingerprint density at radius 2 is 1.94 bits per heavy atom. The van der Waals surface area contributed by atoms with E-state index in [-0.39, 0.29) is 12.2 Å². The van der Waals surface area contributed by atoms with Gasteiger partial charge >= 0.3 is 0 Å². The predicted molar refractivity (Wildman–Crippen MR) is 73.8 cm³/mol. The lowest BCUT2D eigenvalue weighted by molar-refractivity contribution is -0.123. The number of nitrogens with zero attached hydrogens (tertiary/aromatic N) is 2. The molecule has 0 spiro atoms. The third kappa shape index (κ3) is 2.75. The third-order valence-electron chi connectivity index (χ3n) is 3.65. The minimum Gasteiger partial charge on any atom is -0.319 e. The Labute approximate surface area is 113 Å². The Hall–Kier alpha value is -0.870. The first-order chi connectivity index (χ1) is 8.39. The molecule has 1 rings (SSSR count). The first kappa shape index (κ1) is 15.2. The summed E-state index contributed by atoms with van der Waals surface area (Å²) in [7, 11) is 1.81. The van der Waals surface area contributed by atoms with Gasteiger partial charge in [0.05, 0.1) is 28.4 Å². The molecule has 2 N–H and O–H groups in total. The van der Waals surface area contributed by atoms with Gasteiger partial charge in [0.1, 0.15) is 0 Å². The first-order valence-electron chi connectivity index (χ1n) is 6.42. The van der Waals surface area contributed by atoms with Crippen LogP contribution in [-0.4, -0.2) is 21.1 Å². The first-order valence-corrected chi connectivity index (χ1v) is 6.79. The summed E-state index contributed by atoms with van der Waals surface area (Å²) in [4.78, 5) is 12.3. The van der Waals surface area contributed by atoms with E-state index >= 15 is 0 Å². The minimum absolute atomic E-state index is 0.0278. The van der Waals surface area contributed by atoms with Crippen molar-refractivity contribution in [2.75, 3.05) is 0 Å². The van der Waals surface area contributed by atoms with Gasteiger partial charge in [0.25, 0.3) is 0 Å². The van der Waals surface area contributed by atoms with E-state index in [4.69, 9.17) is 17.3 Å². The van der Waals surface area contributed by atoms with Crippen LogP contribution in [-0.2, 0) is 24.7 Å². The molecule has 0 fully saturated rings. The average Bonchev–Trinajstić information content (AvgIpc) is 2.64. The van der Waals surface area contributed by atoms with Crippen LogP contribution in [0.25, 0.3) is 0 Å². The highest BCUT2D eigenvalue weighted by Gasteiger charge is 2.31. The highest BCUT2D eigenvalue weighted by atomic mass is 35.5. The molecule has 0 amide bonds. The summed E-state index contributed by atoms with van der Waals surface area (Å²) >= 11 is 6.23. The number of hydrogen-bond acceptors (Lipinski definition) is 3. The van der Waals surface area contributed by atoms with Gasteiger partial charge in [0, 0.05) is 7.05 Å². The van der Waals surface area contributed by atoms with Gasteiger partial charge in [-0.15, -0.1) is 0 Å². The topological polar surface area (TPSA) is 60.9 Å². The zero-order valence-electron chi connectivity index (χ0n) is 11.6. The SMILES string of the molecule is CCc1nn(C)c(CC(=O)C(N)(CC)CC)c1Cl. The number of hydrogen-bond donors (Lipinski definition) is 1. The maximum Gasteiger partial charge on any atom is 0.158 e. The number of aromatic nitrogens is 2. The quantitative estimate of drug-likeness (QED) is 0.863. The molecular formula is C13H22ClN3O. The van der Waals surface area contributed by atoms with E-state index in [1.807, 2.05) is 27.8 Å². The Bertz CT molecular complexity index is 436. The number of carbonyl (C=O) groups excluding carboxylic acids is 1. The zero-order chi connectivity index (χ0) is 13.9. The van der Waals surface area contributed by atoms with Gasteiger partial charge in [0.15, 0.2) is 5.78 Å². The van der Waals surface area contributed by atoms with E-state index in [0.717, 1.165) is 17.8 Å². The molecule has 0 radical (unpaired) electrons. The fourth-order valence-electron chi connectivity index (χ4n) is 1.98. The summed E-state index contributed by atoms with van der Waals surface area (Å²) in [6, 6.07) is 0. The summed E-state index contributed by atoms with van der Waals surface area (Å²) in [5.41, 5.74) is 6.95. The van der Waals surface area contributed by atoms with Gasteiger partial charge in [-0.05, 0) is 19.3 Å². The molecule has 0 aliphatic heterocycles. The number of carbonyl (C=O) groups is 1. The molecule has 102 valence electrons. The lowest BCUT2D eigenvalue weighted by Gasteiger charge is -2.24. The smallest absolute Gasteiger partial charge is 0.158 e. The number of halogens is 1. The van der Waals surface area contributed by atoms with Crippen molar-refractivity contribution >= 4 is 17.4 Å². The van der Waals surface area contributed by atoms with Crippen LogP contribution in [0.4, 0.5) is 0 Å². The van der Waals surface area contributed by atoms with Crippen molar-refractivity contribution in [2.24, 2.45) is 12.8 Å². The van der Waals surface area contributed by atoms with E-state index in [1.165, 1.54) is 0 Å². The highest BCUT2D eigenvalue weighted by molar-refractivity contribution is 6.32. The van der Waals surface area contributed by atoms with Crippen LogP contribution in [0.5, 0.6) is 0 Å². The molecule has 0 unspecified atom stereocenters. The van der Waals surface area contributed by atoms with Gasteiger partial charge < -0.3 is 5.73 Å². The fraction of sp³-hybridized carbons (Fsp3) is 0.692. The molecule has 0 bridgehead atoms. The second kappa shape index (κ2) is 5.85. The second-order valence-corrected chi connectivity index (χ2v) is 5.03. The number of rotatable bonds is 6. The van der Waals surface area contributed by atoms with Gasteiger partial charge in [-0.2, -0.15) is 5.10 Å². The monoisotopic (exact) mass is 271 g/mol. The standard InChI is InChI=1S/C13H22ClN3O/c1-5-9-12(14)10(17(4)16-9)8-11(18)13(15,6-2)7-3/h5-8,15H2,1-4H3. The van der Waals surface area contributed by atoms with Crippen molar-refractivity contribution < 1.29 is 4.79 Å². The fourth-order valence-corrected chi connectivity index (χ4v) is 2.34. The Kier molecular flexibility index (Phi) is 4.93. The van der Waals surface area contributed by atoms with Gasteiger partial charge in [0.2, 0.25) is 0 Å². The van der Waals surface area contributed by atoms with Gasteiger partial charge in [-0.3, -0.25) is 9.48 Å². The molecule has 4 nitrogen and oxygen atoms in total. The van der Waals surface area contributed by atoms with Crippen molar-refractivity contribution in [3.05, 3.63) is 16.4 Å². The lowest BCUT2D eigenvalue weighted by atomic mass is 9.87. The van der Waals surface area contributed by atoms with Crippen LogP contribution >= 0.6 is 11.6 Å². The largest absolute Gasteiger partial charge is 0.319 e. The Balaban J connectivity index is 2.98. The molecule has 0 atom stereocenters. The molecule has 1 aromatic heterocycles. The van der Waals surface area contributed by atoms with Crippen molar-refractivity contribution in [2.45, 2.75) is 52.0 Å². The van der Waals surface area contributed by atoms with E-state index in [9.17, 15) is 4.79 Å². The summed E-state index contributed by atoms with van der Waals surface area (Å²) in [5, 5.41) is 4.91. The summed E-state index contributed by atoms with van der Waals surface area (Å²) in [5.74, 6) is 0.0278. The molecule has 0 aliphatic carbocycles. The minimum atomic E-state index is -0.750. The zero-order valence-corrected chi connectivity index (χ0v) is 12.3. The second-order valence-electron chi connectivity index (χ2n) is 4.65. The van der Waals surface area contributed by atoms with Crippen LogP contribution in [0.15, 0.2) is 0 Å². The van der Waals surface area contributed by atoms with E-state index in [1.54, 1.807) is 4.68 Å². The Morgan fingerprint density at radius 1 is 1.39 bits per heavy atom. The molecular weight excluding hydrogens is 250 g/mol. The lowest BCUT2D eigenvalue weighted by Crippen LogP contribution is -2.47.